The summed E-state index contributed by atoms with van der Waals surface area (Å²) in [6.45, 7) is 6.01. The van der Waals surface area contributed by atoms with Crippen LogP contribution < -0.4 is 0 Å². The Morgan fingerprint density at radius 1 is 1.29 bits per heavy atom. The van der Waals surface area contributed by atoms with Crippen LogP contribution in [0.4, 0.5) is 0 Å². The van der Waals surface area contributed by atoms with Gasteiger partial charge in [0.2, 0.25) is 0 Å². The number of carbonyl (C=O) groups is 1. The predicted octanol–water partition coefficient (Wildman–Crippen LogP) is 3.82. The summed E-state index contributed by atoms with van der Waals surface area (Å²) in [5.41, 5.74) is -0.0885. The number of fused-ring (bicyclic) bond motifs is 1. The van der Waals surface area contributed by atoms with E-state index < -0.39 is 0 Å². The van der Waals surface area contributed by atoms with E-state index in [9.17, 15) is 4.79 Å². The Morgan fingerprint density at radius 2 is 1.86 bits per heavy atom. The van der Waals surface area contributed by atoms with E-state index >= 15 is 0 Å². The molecular weight excluding hydrogens is 172 g/mol. The highest BCUT2D eigenvalue weighted by molar-refractivity contribution is 5.57. The molecule has 82 valence electrons. The molecule has 2 atom stereocenters. The molecule has 1 nitrogen and oxygen atoms in total. The Hall–Kier alpha value is -0.330. The summed E-state index contributed by atoms with van der Waals surface area (Å²) in [6.07, 6.45) is 9.35. The Bertz CT molecular complexity index is 176. The lowest BCUT2D eigenvalue weighted by molar-refractivity contribution is -0.115. The third-order valence-corrected chi connectivity index (χ3v) is 3.43. The summed E-state index contributed by atoms with van der Waals surface area (Å²) in [5, 5.41) is 0. The van der Waals surface area contributed by atoms with Crippen LogP contribution in [0.2, 0.25) is 0 Å². The van der Waals surface area contributed by atoms with E-state index in [-0.39, 0.29) is 5.41 Å². The van der Waals surface area contributed by atoms with Gasteiger partial charge >= 0.3 is 0 Å². The van der Waals surface area contributed by atoms with Crippen LogP contribution in [0, 0.1) is 17.3 Å². The maximum absolute atomic E-state index is 10.2. The lowest BCUT2D eigenvalue weighted by Gasteiger charge is -2.13. The Balaban J connectivity index is 0.000000143. The van der Waals surface area contributed by atoms with Crippen molar-refractivity contribution in [3.05, 3.63) is 0 Å². The average Bonchev–Trinajstić information content (AvgIpc) is 2.75. The van der Waals surface area contributed by atoms with E-state index in [1.165, 1.54) is 18.3 Å². The lowest BCUT2D eigenvalue weighted by atomic mass is 9.90. The van der Waals surface area contributed by atoms with Gasteiger partial charge < -0.3 is 4.79 Å². The number of rotatable bonds is 3. The summed E-state index contributed by atoms with van der Waals surface area (Å²) >= 11 is 0. The molecule has 0 aromatic heterocycles. The molecule has 0 saturated heterocycles. The van der Waals surface area contributed by atoms with Gasteiger partial charge in [0.25, 0.3) is 0 Å². The van der Waals surface area contributed by atoms with Crippen molar-refractivity contribution in [3.8, 4) is 0 Å². The Kier molecular flexibility index (Phi) is 4.15. The van der Waals surface area contributed by atoms with Crippen LogP contribution in [-0.2, 0) is 4.79 Å². The Morgan fingerprint density at radius 3 is 2.00 bits per heavy atom. The quantitative estimate of drug-likeness (QED) is 0.627. The molecule has 0 bridgehead atoms. The van der Waals surface area contributed by atoms with Gasteiger partial charge in [-0.15, -0.1) is 0 Å². The first-order valence-electron chi connectivity index (χ1n) is 6.05. The van der Waals surface area contributed by atoms with Crippen LogP contribution in [0.3, 0.4) is 0 Å². The molecule has 0 aromatic rings. The minimum absolute atomic E-state index is 0.0885. The van der Waals surface area contributed by atoms with E-state index in [4.69, 9.17) is 0 Å². The molecule has 2 aliphatic rings. The van der Waals surface area contributed by atoms with Gasteiger partial charge in [0.05, 0.1) is 0 Å². The molecule has 0 aromatic carbocycles. The van der Waals surface area contributed by atoms with Crippen LogP contribution in [-0.4, -0.2) is 6.29 Å². The lowest BCUT2D eigenvalue weighted by Crippen LogP contribution is -2.11. The van der Waals surface area contributed by atoms with Crippen molar-refractivity contribution in [1.82, 2.24) is 0 Å². The van der Waals surface area contributed by atoms with Crippen molar-refractivity contribution in [2.45, 2.75) is 59.3 Å². The molecule has 2 fully saturated rings. The summed E-state index contributed by atoms with van der Waals surface area (Å²) in [7, 11) is 0. The summed E-state index contributed by atoms with van der Waals surface area (Å²) in [4.78, 5) is 10.2. The van der Waals surface area contributed by atoms with E-state index in [1.807, 2.05) is 13.8 Å². The zero-order chi connectivity index (χ0) is 10.6. The van der Waals surface area contributed by atoms with Crippen LogP contribution >= 0.6 is 0 Å². The fourth-order valence-corrected chi connectivity index (χ4v) is 2.36. The van der Waals surface area contributed by atoms with E-state index in [1.54, 1.807) is 19.3 Å². The minimum Gasteiger partial charge on any atom is -0.303 e. The van der Waals surface area contributed by atoms with E-state index in [0.29, 0.717) is 0 Å². The molecule has 0 heterocycles. The van der Waals surface area contributed by atoms with Crippen molar-refractivity contribution < 1.29 is 4.79 Å². The van der Waals surface area contributed by atoms with Crippen molar-refractivity contribution in [3.63, 3.8) is 0 Å². The minimum atomic E-state index is -0.0885. The van der Waals surface area contributed by atoms with Gasteiger partial charge in [-0.25, -0.2) is 0 Å². The highest BCUT2D eigenvalue weighted by Gasteiger charge is 2.40. The number of aldehydes is 1. The molecule has 0 radical (unpaired) electrons. The summed E-state index contributed by atoms with van der Waals surface area (Å²) in [5.74, 6) is 2.43. The van der Waals surface area contributed by atoms with Crippen molar-refractivity contribution in [1.29, 1.82) is 0 Å². The van der Waals surface area contributed by atoms with Gasteiger partial charge in [-0.05, 0) is 24.7 Å². The predicted molar refractivity (Wildman–Crippen MR) is 60.2 cm³/mol. The summed E-state index contributed by atoms with van der Waals surface area (Å²) in [6, 6.07) is 0. The van der Waals surface area contributed by atoms with Gasteiger partial charge in [-0.1, -0.05) is 46.5 Å². The van der Waals surface area contributed by atoms with E-state index in [0.717, 1.165) is 19.1 Å². The third-order valence-electron chi connectivity index (χ3n) is 3.43. The second kappa shape index (κ2) is 4.95. The first-order chi connectivity index (χ1) is 6.59. The maximum Gasteiger partial charge on any atom is 0.125 e. The zero-order valence-electron chi connectivity index (χ0n) is 9.88. The SMILES string of the molecule is C1CC2CC2C1.CCCC(C)(C)C=O. The van der Waals surface area contributed by atoms with E-state index in [2.05, 4.69) is 6.92 Å². The van der Waals surface area contributed by atoms with Crippen molar-refractivity contribution in [2.75, 3.05) is 0 Å². The molecular formula is C13H24O. The molecule has 2 rings (SSSR count). The molecule has 2 saturated carbocycles. The number of carbonyl (C=O) groups excluding carboxylic acids is 1. The van der Waals surface area contributed by atoms with Gasteiger partial charge in [-0.3, -0.25) is 0 Å². The van der Waals surface area contributed by atoms with Crippen molar-refractivity contribution in [2.24, 2.45) is 17.3 Å². The summed E-state index contributed by atoms with van der Waals surface area (Å²) < 4.78 is 0. The molecule has 2 aliphatic carbocycles. The molecule has 14 heavy (non-hydrogen) atoms. The number of hydrogen-bond donors (Lipinski definition) is 0. The average molecular weight is 196 g/mol. The fourth-order valence-electron chi connectivity index (χ4n) is 2.36. The van der Waals surface area contributed by atoms with Crippen LogP contribution in [0.1, 0.15) is 59.3 Å². The maximum atomic E-state index is 10.2. The Labute approximate surface area is 88.3 Å². The topological polar surface area (TPSA) is 17.1 Å². The molecule has 2 unspecified atom stereocenters. The third kappa shape index (κ3) is 3.81. The second-order valence-corrected chi connectivity index (χ2v) is 5.54. The standard InChI is InChI=1S/C7H14O.C6H10/c1-4-5-7(2,3)6-8;1-2-5-4-6(5)3-1/h6H,4-5H2,1-3H3;5-6H,1-4H2. The van der Waals surface area contributed by atoms with Gasteiger partial charge in [-0.2, -0.15) is 0 Å². The monoisotopic (exact) mass is 196 g/mol. The van der Waals surface area contributed by atoms with Crippen LogP contribution in [0.5, 0.6) is 0 Å². The zero-order valence-corrected chi connectivity index (χ0v) is 9.88. The first kappa shape index (κ1) is 11.7. The molecule has 0 N–H and O–H groups in total. The molecule has 1 heteroatoms. The fraction of sp³-hybridized carbons (Fsp3) is 0.923. The molecule has 0 spiro atoms. The second-order valence-electron chi connectivity index (χ2n) is 5.54. The molecule has 0 aliphatic heterocycles. The van der Waals surface area contributed by atoms with Gasteiger partial charge in [0, 0.05) is 5.41 Å². The highest BCUT2D eigenvalue weighted by Crippen LogP contribution is 2.51. The highest BCUT2D eigenvalue weighted by atomic mass is 16.1. The smallest absolute Gasteiger partial charge is 0.125 e. The first-order valence-corrected chi connectivity index (χ1v) is 6.05. The van der Waals surface area contributed by atoms with Gasteiger partial charge in [0.1, 0.15) is 6.29 Å². The number of hydrogen-bond acceptors (Lipinski definition) is 1. The largest absolute Gasteiger partial charge is 0.303 e. The van der Waals surface area contributed by atoms with Crippen LogP contribution in [0.25, 0.3) is 0 Å². The van der Waals surface area contributed by atoms with Crippen molar-refractivity contribution >= 4 is 6.29 Å². The van der Waals surface area contributed by atoms with Gasteiger partial charge in [0.15, 0.2) is 0 Å². The van der Waals surface area contributed by atoms with Crippen LogP contribution in [0.15, 0.2) is 0 Å². The normalized spacial score (nSPS) is 28.8. The molecule has 0 amide bonds.